The van der Waals surface area contributed by atoms with Crippen LogP contribution >= 0.6 is 0 Å². The summed E-state index contributed by atoms with van der Waals surface area (Å²) in [6.45, 7) is 2.52. The number of hydrogen-bond acceptors (Lipinski definition) is 4. The Hall–Kier alpha value is -1.75. The van der Waals surface area contributed by atoms with Crippen molar-refractivity contribution in [2.45, 2.75) is 31.7 Å². The Morgan fingerprint density at radius 3 is 3.10 bits per heavy atom. The van der Waals surface area contributed by atoms with Crippen molar-refractivity contribution in [2.24, 2.45) is 0 Å². The highest BCUT2D eigenvalue weighted by Crippen LogP contribution is 2.26. The molecule has 114 valence electrons. The highest BCUT2D eigenvalue weighted by molar-refractivity contribution is 5.77. The van der Waals surface area contributed by atoms with Crippen LogP contribution in [-0.2, 0) is 16.0 Å². The Labute approximate surface area is 125 Å². The maximum atomic E-state index is 11.9. The third kappa shape index (κ3) is 3.88. The van der Waals surface area contributed by atoms with Crippen LogP contribution in [0, 0.1) is 0 Å². The molecule has 0 bridgehead atoms. The second-order valence-corrected chi connectivity index (χ2v) is 5.59. The van der Waals surface area contributed by atoms with Crippen LogP contribution in [0.25, 0.3) is 0 Å². The number of fused-ring (bicyclic) bond motifs is 1. The van der Waals surface area contributed by atoms with Crippen LogP contribution in [0.1, 0.15) is 24.8 Å². The van der Waals surface area contributed by atoms with Gasteiger partial charge in [-0.25, -0.2) is 0 Å². The van der Waals surface area contributed by atoms with E-state index in [2.05, 4.69) is 16.7 Å². The summed E-state index contributed by atoms with van der Waals surface area (Å²) in [5.74, 6) is 0.679. The van der Waals surface area contributed by atoms with Crippen molar-refractivity contribution in [1.29, 1.82) is 0 Å². The predicted molar refractivity (Wildman–Crippen MR) is 80.7 cm³/mol. The molecule has 0 saturated carbocycles. The molecule has 3 rings (SSSR count). The molecular weight excluding hydrogens is 268 g/mol. The topological polar surface area (TPSA) is 59.6 Å². The molecule has 0 unspecified atom stereocenters. The maximum Gasteiger partial charge on any atom is 0.258 e. The van der Waals surface area contributed by atoms with Gasteiger partial charge in [0.05, 0.1) is 0 Å². The van der Waals surface area contributed by atoms with Crippen LogP contribution < -0.4 is 15.4 Å². The minimum atomic E-state index is -0.0624. The standard InChI is InChI=1S/C16H22N2O3/c19-16(18-13-5-8-20-9-6-13)11-21-14-4-3-12-2-1-7-17-15(12)10-14/h3-4,10,13,17H,1-2,5-9,11H2,(H,18,19). The molecule has 2 aliphatic heterocycles. The Morgan fingerprint density at radius 2 is 2.24 bits per heavy atom. The average molecular weight is 290 g/mol. The lowest BCUT2D eigenvalue weighted by Crippen LogP contribution is -2.41. The normalized spacial score (nSPS) is 18.5. The van der Waals surface area contributed by atoms with Gasteiger partial charge in [0.1, 0.15) is 5.75 Å². The lowest BCUT2D eigenvalue weighted by molar-refractivity contribution is -0.124. The molecule has 0 aliphatic carbocycles. The molecule has 1 fully saturated rings. The molecule has 0 aromatic heterocycles. The highest BCUT2D eigenvalue weighted by atomic mass is 16.5. The number of benzene rings is 1. The molecule has 0 radical (unpaired) electrons. The monoisotopic (exact) mass is 290 g/mol. The van der Waals surface area contributed by atoms with E-state index in [1.807, 2.05) is 12.1 Å². The zero-order valence-electron chi connectivity index (χ0n) is 12.2. The van der Waals surface area contributed by atoms with E-state index in [0.717, 1.165) is 50.5 Å². The van der Waals surface area contributed by atoms with Crippen LogP contribution in [0.15, 0.2) is 18.2 Å². The van der Waals surface area contributed by atoms with Crippen LogP contribution in [0.5, 0.6) is 5.75 Å². The second-order valence-electron chi connectivity index (χ2n) is 5.59. The first-order valence-electron chi connectivity index (χ1n) is 7.68. The predicted octanol–water partition coefficient (Wildman–Crippen LogP) is 1.72. The average Bonchev–Trinajstić information content (AvgIpc) is 2.54. The fourth-order valence-corrected chi connectivity index (χ4v) is 2.79. The Bertz CT molecular complexity index is 498. The summed E-state index contributed by atoms with van der Waals surface area (Å²) in [7, 11) is 0. The molecule has 1 amide bonds. The van der Waals surface area contributed by atoms with Crippen molar-refractivity contribution in [3.8, 4) is 5.75 Å². The molecule has 1 saturated heterocycles. The van der Waals surface area contributed by atoms with E-state index in [1.165, 1.54) is 12.0 Å². The molecule has 5 heteroatoms. The number of ether oxygens (including phenoxy) is 2. The first-order valence-corrected chi connectivity index (χ1v) is 7.68. The van der Waals surface area contributed by atoms with E-state index in [9.17, 15) is 4.79 Å². The van der Waals surface area contributed by atoms with E-state index in [0.29, 0.717) is 0 Å². The summed E-state index contributed by atoms with van der Waals surface area (Å²) >= 11 is 0. The molecule has 2 heterocycles. The largest absolute Gasteiger partial charge is 0.484 e. The van der Waals surface area contributed by atoms with E-state index in [1.54, 1.807) is 0 Å². The summed E-state index contributed by atoms with van der Waals surface area (Å²) in [5.41, 5.74) is 2.45. The van der Waals surface area contributed by atoms with E-state index in [4.69, 9.17) is 9.47 Å². The first-order chi connectivity index (χ1) is 10.3. The van der Waals surface area contributed by atoms with Crippen LogP contribution in [0.4, 0.5) is 5.69 Å². The molecule has 21 heavy (non-hydrogen) atoms. The van der Waals surface area contributed by atoms with Crippen LogP contribution in [0.2, 0.25) is 0 Å². The lowest BCUT2D eigenvalue weighted by atomic mass is 10.0. The van der Waals surface area contributed by atoms with Crippen molar-refractivity contribution in [3.05, 3.63) is 23.8 Å². The van der Waals surface area contributed by atoms with E-state index >= 15 is 0 Å². The van der Waals surface area contributed by atoms with Crippen molar-refractivity contribution >= 4 is 11.6 Å². The number of anilines is 1. The number of aryl methyl sites for hydroxylation is 1. The third-order valence-corrected chi connectivity index (χ3v) is 3.98. The van der Waals surface area contributed by atoms with E-state index < -0.39 is 0 Å². The molecule has 0 spiro atoms. The van der Waals surface area contributed by atoms with Crippen molar-refractivity contribution in [2.75, 3.05) is 31.7 Å². The van der Waals surface area contributed by atoms with Gasteiger partial charge < -0.3 is 20.1 Å². The summed E-state index contributed by atoms with van der Waals surface area (Å²) in [6, 6.07) is 6.22. The maximum absolute atomic E-state index is 11.9. The molecular formula is C16H22N2O3. The number of rotatable bonds is 4. The van der Waals surface area contributed by atoms with E-state index in [-0.39, 0.29) is 18.6 Å². The fraction of sp³-hybridized carbons (Fsp3) is 0.562. The number of amides is 1. The van der Waals surface area contributed by atoms with Gasteiger partial charge in [-0.05, 0) is 37.3 Å². The summed E-state index contributed by atoms with van der Waals surface area (Å²) in [5, 5.41) is 6.35. The van der Waals surface area contributed by atoms with Gasteiger partial charge in [-0.3, -0.25) is 4.79 Å². The fourth-order valence-electron chi connectivity index (χ4n) is 2.79. The molecule has 2 N–H and O–H groups in total. The SMILES string of the molecule is O=C(COc1ccc2c(c1)NCCC2)NC1CCOCC1. The molecule has 5 nitrogen and oxygen atoms in total. The Morgan fingerprint density at radius 1 is 1.38 bits per heavy atom. The van der Waals surface area contributed by atoms with Gasteiger partial charge in [0.25, 0.3) is 5.91 Å². The van der Waals surface area contributed by atoms with Crippen molar-refractivity contribution in [3.63, 3.8) is 0 Å². The van der Waals surface area contributed by atoms with Crippen molar-refractivity contribution < 1.29 is 14.3 Å². The van der Waals surface area contributed by atoms with Crippen LogP contribution in [-0.4, -0.2) is 38.3 Å². The second kappa shape index (κ2) is 6.80. The number of nitrogens with one attached hydrogen (secondary N) is 2. The third-order valence-electron chi connectivity index (χ3n) is 3.98. The summed E-state index contributed by atoms with van der Waals surface area (Å²) < 4.78 is 10.9. The smallest absolute Gasteiger partial charge is 0.258 e. The molecule has 1 aromatic carbocycles. The zero-order chi connectivity index (χ0) is 14.5. The summed E-state index contributed by atoms with van der Waals surface area (Å²) in [6.07, 6.45) is 4.04. The minimum Gasteiger partial charge on any atom is -0.484 e. The van der Waals surface area contributed by atoms with Gasteiger partial charge >= 0.3 is 0 Å². The molecule has 1 aromatic rings. The van der Waals surface area contributed by atoms with Gasteiger partial charge in [-0.2, -0.15) is 0 Å². The lowest BCUT2D eigenvalue weighted by Gasteiger charge is -2.23. The van der Waals surface area contributed by atoms with Gasteiger partial charge in [0.15, 0.2) is 6.61 Å². The Kier molecular flexibility index (Phi) is 4.60. The quantitative estimate of drug-likeness (QED) is 0.886. The number of hydrogen-bond donors (Lipinski definition) is 2. The first kappa shape index (κ1) is 14.2. The van der Waals surface area contributed by atoms with Gasteiger partial charge in [-0.15, -0.1) is 0 Å². The van der Waals surface area contributed by atoms with Crippen LogP contribution in [0.3, 0.4) is 0 Å². The van der Waals surface area contributed by atoms with Gasteiger partial charge in [0, 0.05) is 37.6 Å². The zero-order valence-corrected chi connectivity index (χ0v) is 12.2. The van der Waals surface area contributed by atoms with Gasteiger partial charge in [0.2, 0.25) is 0 Å². The van der Waals surface area contributed by atoms with Gasteiger partial charge in [-0.1, -0.05) is 6.07 Å². The van der Waals surface area contributed by atoms with Crippen molar-refractivity contribution in [1.82, 2.24) is 5.32 Å². The molecule has 2 aliphatic rings. The summed E-state index contributed by atoms with van der Waals surface area (Å²) in [4.78, 5) is 11.9. The highest BCUT2D eigenvalue weighted by Gasteiger charge is 2.16. The molecule has 0 atom stereocenters. The Balaban J connectivity index is 1.49. The minimum absolute atomic E-state index is 0.0624. The number of carbonyl (C=O) groups is 1. The number of carbonyl (C=O) groups excluding carboxylic acids is 1.